The fourth-order valence-corrected chi connectivity index (χ4v) is 7.47. The van der Waals surface area contributed by atoms with Crippen LogP contribution in [-0.4, -0.2) is 116 Å². The highest BCUT2D eigenvalue weighted by atomic mass is 16.6. The molecule has 0 bridgehead atoms. The van der Waals surface area contributed by atoms with Gasteiger partial charge in [-0.05, 0) is 88.5 Å². The molecule has 6 unspecified atom stereocenters. The van der Waals surface area contributed by atoms with Crippen molar-refractivity contribution in [3.8, 4) is 0 Å². The van der Waals surface area contributed by atoms with Gasteiger partial charge in [0.15, 0.2) is 23.8 Å². The Bertz CT molecular complexity index is 2230. The maximum atomic E-state index is 13.1. The Kier molecular flexibility index (Phi) is 27.4. The smallest absolute Gasteiger partial charge is 0.307 e. The number of hydrogen-bond acceptors (Lipinski definition) is 14. The normalized spacial score (nSPS) is 21.0. The molecule has 0 radical (unpaired) electrons. The molecule has 0 saturated heterocycles. The second-order valence-electron chi connectivity index (χ2n) is 19.0. The third-order valence-electron chi connectivity index (χ3n) is 11.8. The number of ketones is 2. The number of aliphatic carboxylic acids is 1. The van der Waals surface area contributed by atoms with Crippen LogP contribution in [0.1, 0.15) is 122 Å². The second-order valence-corrected chi connectivity index (χ2v) is 19.0. The maximum Gasteiger partial charge on any atom is 0.307 e. The van der Waals surface area contributed by atoms with Crippen LogP contribution in [-0.2, 0) is 43.0 Å². The lowest BCUT2D eigenvalue weighted by Gasteiger charge is -2.36. The van der Waals surface area contributed by atoms with Crippen LogP contribution in [0.25, 0.3) is 0 Å². The van der Waals surface area contributed by atoms with Gasteiger partial charge in [0, 0.05) is 12.8 Å². The number of carboxylic acid groups (broad SMARTS) is 1. The molecule has 0 aromatic heterocycles. The van der Waals surface area contributed by atoms with Crippen LogP contribution in [0.3, 0.4) is 0 Å². The molecule has 2 aliphatic rings. The van der Waals surface area contributed by atoms with Gasteiger partial charge < -0.3 is 44.8 Å². The molecule has 15 heteroatoms. The van der Waals surface area contributed by atoms with Crippen molar-refractivity contribution in [2.24, 2.45) is 10.8 Å². The van der Waals surface area contributed by atoms with Gasteiger partial charge in [-0.15, -0.1) is 0 Å². The standard InChI is InChI=1S/C37H52O10.C19H26O5/c1-8-12-24(2)13-9-10-14-25(3)15-11-16-26(4)17-18-28-27(5)34(43)31(21-37(28,6)7)47-33(42)20-19-32(41)46-23-30(40)36(45)35(44)29(39)22-38;1-6-12(2)7-8-14-13(3)18(23)15(11-19(14,4)5)24-17(22)10-9-16(20)21/h8-18,29-31,35-36,38-40,44-45H,19-23H2,1-7H3;6-8,15H,9-11H2,1-5H3,(H,20,21)/b10-9+,12-8+,15-11+,18-17+,24-13+,25-14+,26-16+;8-7+,12-6+. The summed E-state index contributed by atoms with van der Waals surface area (Å²) < 4.78 is 15.5. The Hall–Kier alpha value is -5.84. The number of hydrogen-bond donors (Lipinski definition) is 6. The van der Waals surface area contributed by atoms with Crippen LogP contribution in [0.15, 0.2) is 130 Å². The van der Waals surface area contributed by atoms with Crippen molar-refractivity contribution >= 4 is 35.4 Å². The molecule has 0 heterocycles. The Morgan fingerprint density at radius 3 is 1.46 bits per heavy atom. The third-order valence-corrected chi connectivity index (χ3v) is 11.8. The molecule has 0 amide bonds. The van der Waals surface area contributed by atoms with Crippen molar-refractivity contribution < 1.29 is 73.6 Å². The molecule has 0 aromatic rings. The molecule has 0 saturated carbocycles. The zero-order chi connectivity index (χ0) is 54.2. The van der Waals surface area contributed by atoms with Gasteiger partial charge in [0.25, 0.3) is 0 Å². The average molecular weight is 991 g/mol. The largest absolute Gasteiger partial charge is 0.481 e. The number of esters is 3. The lowest BCUT2D eigenvalue weighted by Crippen LogP contribution is -2.47. The summed E-state index contributed by atoms with van der Waals surface area (Å²) in [5.41, 5.74) is 6.40. The molecule has 392 valence electrons. The van der Waals surface area contributed by atoms with E-state index in [9.17, 15) is 49.2 Å². The van der Waals surface area contributed by atoms with Gasteiger partial charge in [-0.2, -0.15) is 0 Å². The third kappa shape index (κ3) is 22.4. The van der Waals surface area contributed by atoms with Crippen LogP contribution in [0.5, 0.6) is 0 Å². The van der Waals surface area contributed by atoms with Crippen LogP contribution in [0.2, 0.25) is 0 Å². The minimum absolute atomic E-state index is 0.212. The molecule has 2 rings (SSSR count). The predicted molar refractivity (Wildman–Crippen MR) is 272 cm³/mol. The van der Waals surface area contributed by atoms with Crippen LogP contribution in [0.4, 0.5) is 0 Å². The van der Waals surface area contributed by atoms with Gasteiger partial charge in [-0.25, -0.2) is 0 Å². The average Bonchev–Trinajstić information content (AvgIpc) is 3.30. The molecular formula is C56H78O15. The zero-order valence-electron chi connectivity index (χ0n) is 43.6. The van der Waals surface area contributed by atoms with E-state index in [1.165, 1.54) is 5.57 Å². The number of aliphatic hydroxyl groups is 5. The molecule has 0 aromatic carbocycles. The molecule has 2 aliphatic carbocycles. The van der Waals surface area contributed by atoms with Gasteiger partial charge in [-0.1, -0.05) is 135 Å². The lowest BCUT2D eigenvalue weighted by atomic mass is 9.71. The molecule has 6 N–H and O–H groups in total. The minimum atomic E-state index is -1.88. The van der Waals surface area contributed by atoms with E-state index in [2.05, 4.69) is 0 Å². The number of rotatable bonds is 23. The Balaban J connectivity index is 0.000000876. The van der Waals surface area contributed by atoms with E-state index >= 15 is 0 Å². The van der Waals surface area contributed by atoms with Gasteiger partial charge in [0.2, 0.25) is 0 Å². The summed E-state index contributed by atoms with van der Waals surface area (Å²) in [7, 11) is 0. The fourth-order valence-electron chi connectivity index (χ4n) is 7.47. The summed E-state index contributed by atoms with van der Waals surface area (Å²) in [5.74, 6) is -3.89. The number of ether oxygens (including phenoxy) is 3. The quantitative estimate of drug-likeness (QED) is 0.0327. The SMILES string of the molecule is C/C=C(C)/C=C/C1=C(C)C(=O)C(OC(=O)CCC(=O)O)CC1(C)C.C/C=C/C(C)=C/C=C/C=C(C)/C=C/C=C(C)/C=C/C1=C(C)C(=O)C(OC(=O)CCC(=O)OCC(O)C(O)C(O)C(O)CO)CC1(C)C. The number of carboxylic acids is 1. The lowest BCUT2D eigenvalue weighted by molar-refractivity contribution is -0.161. The maximum absolute atomic E-state index is 13.1. The Morgan fingerprint density at radius 1 is 0.606 bits per heavy atom. The van der Waals surface area contributed by atoms with Crippen LogP contribution >= 0.6 is 0 Å². The summed E-state index contributed by atoms with van der Waals surface area (Å²) in [6, 6.07) is 0. The first-order chi connectivity index (χ1) is 33.1. The molecule has 0 spiro atoms. The van der Waals surface area contributed by atoms with E-state index in [0.29, 0.717) is 17.6 Å². The van der Waals surface area contributed by atoms with Gasteiger partial charge in [0.1, 0.15) is 31.0 Å². The van der Waals surface area contributed by atoms with Crippen molar-refractivity contribution in [2.45, 2.75) is 158 Å². The van der Waals surface area contributed by atoms with Crippen molar-refractivity contribution in [2.75, 3.05) is 13.2 Å². The molecular weight excluding hydrogens is 913 g/mol. The Labute approximate surface area is 419 Å². The zero-order valence-corrected chi connectivity index (χ0v) is 43.6. The highest BCUT2D eigenvalue weighted by Gasteiger charge is 2.41. The minimum Gasteiger partial charge on any atom is -0.481 e. The molecule has 0 fully saturated rings. The first kappa shape index (κ1) is 63.2. The van der Waals surface area contributed by atoms with Crippen molar-refractivity contribution in [1.82, 2.24) is 0 Å². The van der Waals surface area contributed by atoms with E-state index in [0.717, 1.165) is 27.9 Å². The molecule has 6 atom stereocenters. The second kappa shape index (κ2) is 30.8. The van der Waals surface area contributed by atoms with Gasteiger partial charge >= 0.3 is 23.9 Å². The summed E-state index contributed by atoms with van der Waals surface area (Å²) in [6.07, 6.45) is 18.1. The van der Waals surface area contributed by atoms with E-state index in [4.69, 9.17) is 24.4 Å². The van der Waals surface area contributed by atoms with Crippen molar-refractivity contribution in [3.63, 3.8) is 0 Å². The highest BCUT2D eigenvalue weighted by molar-refractivity contribution is 6.02. The van der Waals surface area contributed by atoms with E-state index in [1.54, 1.807) is 13.8 Å². The van der Waals surface area contributed by atoms with E-state index in [1.807, 2.05) is 154 Å². The van der Waals surface area contributed by atoms with E-state index < -0.39 is 85.6 Å². The van der Waals surface area contributed by atoms with Crippen molar-refractivity contribution in [3.05, 3.63) is 130 Å². The summed E-state index contributed by atoms with van der Waals surface area (Å²) in [4.78, 5) is 72.4. The van der Waals surface area contributed by atoms with Crippen LogP contribution < -0.4 is 0 Å². The Morgan fingerprint density at radius 2 is 1.01 bits per heavy atom. The highest BCUT2D eigenvalue weighted by Crippen LogP contribution is 2.42. The summed E-state index contributed by atoms with van der Waals surface area (Å²) in [6.45, 7) is 21.8. The molecule has 15 nitrogen and oxygen atoms in total. The number of carbonyl (C=O) groups excluding carboxylic acids is 5. The molecule has 0 aliphatic heterocycles. The van der Waals surface area contributed by atoms with Gasteiger partial charge in [-0.3, -0.25) is 28.8 Å². The molecule has 71 heavy (non-hydrogen) atoms. The summed E-state index contributed by atoms with van der Waals surface area (Å²) in [5, 5.41) is 56.1. The van der Waals surface area contributed by atoms with Gasteiger partial charge in [0.05, 0.1) is 32.3 Å². The van der Waals surface area contributed by atoms with E-state index in [-0.39, 0.29) is 42.7 Å². The van der Waals surface area contributed by atoms with Crippen molar-refractivity contribution in [1.29, 1.82) is 0 Å². The fraction of sp³-hybridized carbons (Fsp3) is 0.500. The predicted octanol–water partition coefficient (Wildman–Crippen LogP) is 7.66. The number of carbonyl (C=O) groups is 6. The summed E-state index contributed by atoms with van der Waals surface area (Å²) >= 11 is 0. The number of Topliss-reactive ketones (excluding diaryl/α,β-unsaturated/α-hetero) is 2. The first-order valence-electron chi connectivity index (χ1n) is 23.7. The monoisotopic (exact) mass is 991 g/mol. The number of allylic oxidation sites excluding steroid dienone is 20. The topological polar surface area (TPSA) is 251 Å². The van der Waals surface area contributed by atoms with Crippen LogP contribution in [0, 0.1) is 10.8 Å². The number of aliphatic hydroxyl groups excluding tert-OH is 5. The first-order valence-corrected chi connectivity index (χ1v) is 23.7.